The molecule has 1 aliphatic heterocycles. The molecule has 202 valence electrons. The summed E-state index contributed by atoms with van der Waals surface area (Å²) < 4.78 is 5.40. The number of non-ortho nitro benzene ring substituents is 1. The Labute approximate surface area is 225 Å². The standard InChI is InChI=1S/C28H29N5O6/c1-17(2)39-28(36)23-19(4)29-25(20-9-6-5-7-10-20)30-24(23)27(35)31-13-14-32(18(3)16-31)26(34)21-11-8-12-22(15-21)33(37)38/h5-12,15,17-18H,13-14,16H2,1-4H3. The number of nitro groups is 1. The molecule has 4 rings (SSSR count). The monoisotopic (exact) mass is 531 g/mol. The Bertz CT molecular complexity index is 1430. The summed E-state index contributed by atoms with van der Waals surface area (Å²) in [6.45, 7) is 7.44. The Balaban J connectivity index is 1.62. The SMILES string of the molecule is Cc1nc(-c2ccccc2)nc(C(=O)N2CCN(C(=O)c3cccc([N+](=O)[O-])c3)C(C)C2)c1C(=O)OC(C)C. The predicted octanol–water partition coefficient (Wildman–Crippen LogP) is 3.91. The Hall–Kier alpha value is -4.67. The highest BCUT2D eigenvalue weighted by Crippen LogP contribution is 2.24. The Morgan fingerprint density at radius 1 is 1.03 bits per heavy atom. The van der Waals surface area contributed by atoms with Crippen molar-refractivity contribution in [2.75, 3.05) is 19.6 Å². The van der Waals surface area contributed by atoms with Gasteiger partial charge in [-0.3, -0.25) is 19.7 Å². The third-order valence-corrected chi connectivity index (χ3v) is 6.35. The summed E-state index contributed by atoms with van der Waals surface area (Å²) in [7, 11) is 0. The highest BCUT2D eigenvalue weighted by atomic mass is 16.6. The van der Waals surface area contributed by atoms with Gasteiger partial charge in [-0.1, -0.05) is 36.4 Å². The van der Waals surface area contributed by atoms with Crippen molar-refractivity contribution in [1.82, 2.24) is 19.8 Å². The van der Waals surface area contributed by atoms with Crippen molar-refractivity contribution in [1.29, 1.82) is 0 Å². The van der Waals surface area contributed by atoms with Gasteiger partial charge in [0.1, 0.15) is 11.3 Å². The van der Waals surface area contributed by atoms with Crippen LogP contribution in [0.2, 0.25) is 0 Å². The minimum atomic E-state index is -0.682. The number of nitro benzene ring substituents is 1. The molecular formula is C28H29N5O6. The number of hydrogen-bond acceptors (Lipinski definition) is 8. The van der Waals surface area contributed by atoms with Crippen LogP contribution in [0.5, 0.6) is 0 Å². The van der Waals surface area contributed by atoms with Gasteiger partial charge in [-0.05, 0) is 33.8 Å². The number of ether oxygens (including phenoxy) is 1. The molecule has 2 aromatic carbocycles. The molecular weight excluding hydrogens is 502 g/mol. The van der Waals surface area contributed by atoms with Crippen LogP contribution in [-0.4, -0.2) is 74.3 Å². The summed E-state index contributed by atoms with van der Waals surface area (Å²) in [6.07, 6.45) is -0.406. The van der Waals surface area contributed by atoms with Crippen LogP contribution < -0.4 is 0 Å². The molecule has 2 amide bonds. The van der Waals surface area contributed by atoms with Crippen LogP contribution in [-0.2, 0) is 4.74 Å². The maximum absolute atomic E-state index is 13.8. The summed E-state index contributed by atoms with van der Waals surface area (Å²) in [5.41, 5.74) is 1.00. The smallest absolute Gasteiger partial charge is 0.342 e. The molecule has 39 heavy (non-hydrogen) atoms. The Morgan fingerprint density at radius 2 is 1.74 bits per heavy atom. The molecule has 3 aromatic rings. The molecule has 2 heterocycles. The van der Waals surface area contributed by atoms with Crippen molar-refractivity contribution in [3.63, 3.8) is 0 Å². The number of aromatic nitrogens is 2. The van der Waals surface area contributed by atoms with Crippen molar-refractivity contribution in [2.24, 2.45) is 0 Å². The zero-order valence-electron chi connectivity index (χ0n) is 22.2. The van der Waals surface area contributed by atoms with E-state index in [2.05, 4.69) is 9.97 Å². The second-order valence-electron chi connectivity index (χ2n) is 9.58. The van der Waals surface area contributed by atoms with Crippen molar-refractivity contribution < 1.29 is 24.0 Å². The summed E-state index contributed by atoms with van der Waals surface area (Å²) in [5.74, 6) is -1.20. The van der Waals surface area contributed by atoms with Crippen molar-refractivity contribution in [3.8, 4) is 11.4 Å². The fourth-order valence-corrected chi connectivity index (χ4v) is 4.47. The lowest BCUT2D eigenvalue weighted by molar-refractivity contribution is -0.384. The number of hydrogen-bond donors (Lipinski definition) is 0. The Kier molecular flexibility index (Phi) is 7.99. The molecule has 11 nitrogen and oxygen atoms in total. The minimum Gasteiger partial charge on any atom is -0.459 e. The van der Waals surface area contributed by atoms with E-state index >= 15 is 0 Å². The van der Waals surface area contributed by atoms with E-state index in [1.807, 2.05) is 30.3 Å². The van der Waals surface area contributed by atoms with E-state index < -0.39 is 28.9 Å². The minimum absolute atomic E-state index is 0.0103. The fraction of sp³-hybridized carbons (Fsp3) is 0.321. The number of piperazine rings is 1. The number of nitrogens with zero attached hydrogens (tertiary/aromatic N) is 5. The molecule has 1 fully saturated rings. The van der Waals surface area contributed by atoms with Gasteiger partial charge in [0.2, 0.25) is 0 Å². The van der Waals surface area contributed by atoms with E-state index in [0.29, 0.717) is 17.1 Å². The van der Waals surface area contributed by atoms with Crippen LogP contribution in [0.15, 0.2) is 54.6 Å². The van der Waals surface area contributed by atoms with Gasteiger partial charge < -0.3 is 14.5 Å². The van der Waals surface area contributed by atoms with Gasteiger partial charge in [0.15, 0.2) is 5.82 Å². The molecule has 0 aliphatic carbocycles. The largest absolute Gasteiger partial charge is 0.459 e. The third-order valence-electron chi connectivity index (χ3n) is 6.35. The molecule has 0 saturated carbocycles. The maximum atomic E-state index is 13.8. The number of amides is 2. The molecule has 1 saturated heterocycles. The molecule has 0 bridgehead atoms. The van der Waals surface area contributed by atoms with Crippen LogP contribution in [0.1, 0.15) is 57.7 Å². The average Bonchev–Trinajstić information content (AvgIpc) is 2.91. The van der Waals surface area contributed by atoms with E-state index in [1.54, 1.807) is 37.5 Å². The molecule has 1 aromatic heterocycles. The summed E-state index contributed by atoms with van der Waals surface area (Å²) in [6, 6.07) is 14.3. The lowest BCUT2D eigenvalue weighted by Crippen LogP contribution is -2.55. The molecule has 0 N–H and O–H groups in total. The summed E-state index contributed by atoms with van der Waals surface area (Å²) in [4.78, 5) is 62.7. The van der Waals surface area contributed by atoms with E-state index in [4.69, 9.17) is 4.74 Å². The first-order chi connectivity index (χ1) is 18.6. The average molecular weight is 532 g/mol. The lowest BCUT2D eigenvalue weighted by Gasteiger charge is -2.40. The van der Waals surface area contributed by atoms with Crippen LogP contribution in [0.25, 0.3) is 11.4 Å². The van der Waals surface area contributed by atoms with Crippen LogP contribution >= 0.6 is 0 Å². The quantitative estimate of drug-likeness (QED) is 0.265. The van der Waals surface area contributed by atoms with Gasteiger partial charge in [0, 0.05) is 48.9 Å². The zero-order valence-corrected chi connectivity index (χ0v) is 22.2. The highest BCUT2D eigenvalue weighted by Gasteiger charge is 2.34. The number of aryl methyl sites for hydroxylation is 1. The highest BCUT2D eigenvalue weighted by molar-refractivity contribution is 6.05. The van der Waals surface area contributed by atoms with Crippen molar-refractivity contribution in [2.45, 2.75) is 39.8 Å². The van der Waals surface area contributed by atoms with Crippen LogP contribution in [0.3, 0.4) is 0 Å². The van der Waals surface area contributed by atoms with Gasteiger partial charge in [0.05, 0.1) is 16.7 Å². The fourth-order valence-electron chi connectivity index (χ4n) is 4.47. The van der Waals surface area contributed by atoms with Crippen molar-refractivity contribution >= 4 is 23.5 Å². The maximum Gasteiger partial charge on any atom is 0.342 e. The summed E-state index contributed by atoms with van der Waals surface area (Å²) in [5, 5.41) is 11.1. The second kappa shape index (κ2) is 11.4. The van der Waals surface area contributed by atoms with Gasteiger partial charge >= 0.3 is 5.97 Å². The van der Waals surface area contributed by atoms with E-state index in [-0.39, 0.29) is 48.0 Å². The first-order valence-electron chi connectivity index (χ1n) is 12.6. The van der Waals surface area contributed by atoms with E-state index in [9.17, 15) is 24.5 Å². The third kappa shape index (κ3) is 5.92. The molecule has 0 spiro atoms. The number of rotatable bonds is 6. The molecule has 1 atom stereocenters. The summed E-state index contributed by atoms with van der Waals surface area (Å²) >= 11 is 0. The first kappa shape index (κ1) is 27.4. The Morgan fingerprint density at radius 3 is 2.38 bits per heavy atom. The second-order valence-corrected chi connectivity index (χ2v) is 9.58. The van der Waals surface area contributed by atoms with Gasteiger partial charge in [-0.15, -0.1) is 0 Å². The number of carbonyl (C=O) groups is 3. The molecule has 11 heteroatoms. The predicted molar refractivity (Wildman–Crippen MR) is 142 cm³/mol. The van der Waals surface area contributed by atoms with Crippen molar-refractivity contribution in [3.05, 3.63) is 87.2 Å². The lowest BCUT2D eigenvalue weighted by atomic mass is 10.1. The first-order valence-corrected chi connectivity index (χ1v) is 12.6. The molecule has 1 unspecified atom stereocenters. The van der Waals surface area contributed by atoms with E-state index in [0.717, 1.165) is 0 Å². The number of benzene rings is 2. The number of esters is 1. The number of carbonyl (C=O) groups excluding carboxylic acids is 3. The normalized spacial score (nSPS) is 15.3. The van der Waals surface area contributed by atoms with Crippen LogP contribution in [0.4, 0.5) is 5.69 Å². The topological polar surface area (TPSA) is 136 Å². The van der Waals surface area contributed by atoms with Crippen LogP contribution in [0, 0.1) is 17.0 Å². The molecule has 0 radical (unpaired) electrons. The zero-order chi connectivity index (χ0) is 28.3. The van der Waals surface area contributed by atoms with E-state index in [1.165, 1.54) is 24.3 Å². The van der Waals surface area contributed by atoms with Gasteiger partial charge in [-0.2, -0.15) is 0 Å². The van der Waals surface area contributed by atoms with Gasteiger partial charge in [-0.25, -0.2) is 14.8 Å². The van der Waals surface area contributed by atoms with Gasteiger partial charge in [0.25, 0.3) is 17.5 Å². The molecule has 1 aliphatic rings.